The summed E-state index contributed by atoms with van der Waals surface area (Å²) < 4.78 is 17.1. The summed E-state index contributed by atoms with van der Waals surface area (Å²) in [6.45, 7) is 5.28. The molecular formula is C20H31N3O3. The number of hydrogen-bond acceptors (Lipinski definition) is 4. The van der Waals surface area contributed by atoms with Gasteiger partial charge in [0, 0.05) is 50.9 Å². The minimum atomic E-state index is 0.231. The van der Waals surface area contributed by atoms with Crippen molar-refractivity contribution in [2.75, 3.05) is 33.9 Å². The summed E-state index contributed by atoms with van der Waals surface area (Å²) in [6.07, 6.45) is 4.82. The van der Waals surface area contributed by atoms with Crippen LogP contribution < -0.4 is 20.1 Å². The minimum absolute atomic E-state index is 0.231. The molecule has 0 saturated heterocycles. The summed E-state index contributed by atoms with van der Waals surface area (Å²) in [4.78, 5) is 4.28. The van der Waals surface area contributed by atoms with Crippen molar-refractivity contribution in [1.82, 2.24) is 10.6 Å². The summed E-state index contributed by atoms with van der Waals surface area (Å²) >= 11 is 0. The number of benzene rings is 1. The van der Waals surface area contributed by atoms with E-state index in [4.69, 9.17) is 14.2 Å². The first-order valence-corrected chi connectivity index (χ1v) is 9.58. The molecule has 1 heterocycles. The summed E-state index contributed by atoms with van der Waals surface area (Å²) in [5, 5.41) is 6.67. The average Bonchev–Trinajstić information content (AvgIpc) is 3.39. The van der Waals surface area contributed by atoms with Gasteiger partial charge in [0.15, 0.2) is 5.96 Å². The number of nitrogens with one attached hydrogen (secondary N) is 2. The molecule has 1 aliphatic heterocycles. The van der Waals surface area contributed by atoms with Crippen LogP contribution in [0.5, 0.6) is 11.5 Å². The molecule has 26 heavy (non-hydrogen) atoms. The summed E-state index contributed by atoms with van der Waals surface area (Å²) in [5.41, 5.74) is 2.28. The van der Waals surface area contributed by atoms with E-state index >= 15 is 0 Å². The SMILES string of the molecule is CN=C(NCCCOCC1CC1)NCc1cc2c(cc1OC)CC(C)O2. The quantitative estimate of drug-likeness (QED) is 0.402. The van der Waals surface area contributed by atoms with Gasteiger partial charge in [-0.3, -0.25) is 4.99 Å². The molecule has 1 saturated carbocycles. The molecule has 1 unspecified atom stereocenters. The monoisotopic (exact) mass is 361 g/mol. The Morgan fingerprint density at radius 2 is 2.15 bits per heavy atom. The van der Waals surface area contributed by atoms with Gasteiger partial charge in [-0.25, -0.2) is 0 Å². The van der Waals surface area contributed by atoms with E-state index in [0.29, 0.717) is 6.54 Å². The van der Waals surface area contributed by atoms with E-state index in [1.54, 1.807) is 14.2 Å². The zero-order chi connectivity index (χ0) is 18.4. The molecule has 6 nitrogen and oxygen atoms in total. The number of nitrogens with zero attached hydrogens (tertiary/aromatic N) is 1. The third kappa shape index (κ3) is 5.27. The van der Waals surface area contributed by atoms with Gasteiger partial charge in [0.05, 0.1) is 7.11 Å². The fraction of sp³-hybridized carbons (Fsp3) is 0.650. The number of aliphatic imine (C=N–C) groups is 1. The van der Waals surface area contributed by atoms with Gasteiger partial charge >= 0.3 is 0 Å². The highest BCUT2D eigenvalue weighted by atomic mass is 16.5. The van der Waals surface area contributed by atoms with E-state index in [0.717, 1.165) is 61.5 Å². The van der Waals surface area contributed by atoms with Crippen molar-refractivity contribution in [2.45, 2.75) is 45.3 Å². The van der Waals surface area contributed by atoms with Crippen LogP contribution in [-0.4, -0.2) is 46.0 Å². The number of hydrogen-bond donors (Lipinski definition) is 2. The molecule has 1 aromatic carbocycles. The Bertz CT molecular complexity index is 629. The first kappa shape index (κ1) is 18.8. The van der Waals surface area contributed by atoms with Gasteiger partial charge < -0.3 is 24.8 Å². The van der Waals surface area contributed by atoms with Gasteiger partial charge in [0.2, 0.25) is 0 Å². The Morgan fingerprint density at radius 3 is 2.88 bits per heavy atom. The predicted octanol–water partition coefficient (Wildman–Crippen LogP) is 2.50. The summed E-state index contributed by atoms with van der Waals surface area (Å²) in [5.74, 6) is 3.46. The fourth-order valence-corrected chi connectivity index (χ4v) is 3.12. The molecule has 1 atom stereocenters. The predicted molar refractivity (Wildman–Crippen MR) is 103 cm³/mol. The Balaban J connectivity index is 1.43. The van der Waals surface area contributed by atoms with Crippen molar-refractivity contribution in [2.24, 2.45) is 10.9 Å². The number of ether oxygens (including phenoxy) is 3. The molecule has 2 N–H and O–H groups in total. The van der Waals surface area contributed by atoms with Crippen LogP contribution in [0.25, 0.3) is 0 Å². The highest BCUT2D eigenvalue weighted by molar-refractivity contribution is 5.79. The zero-order valence-electron chi connectivity index (χ0n) is 16.1. The maximum absolute atomic E-state index is 5.86. The lowest BCUT2D eigenvalue weighted by Crippen LogP contribution is -2.37. The van der Waals surface area contributed by atoms with Crippen LogP contribution in [0.1, 0.15) is 37.3 Å². The molecule has 144 valence electrons. The topological polar surface area (TPSA) is 64.1 Å². The van der Waals surface area contributed by atoms with Crippen LogP contribution in [0.4, 0.5) is 0 Å². The Hall–Kier alpha value is -1.95. The molecule has 0 aromatic heterocycles. The van der Waals surface area contributed by atoms with Crippen molar-refractivity contribution < 1.29 is 14.2 Å². The van der Waals surface area contributed by atoms with E-state index in [1.807, 2.05) is 0 Å². The lowest BCUT2D eigenvalue weighted by molar-refractivity contribution is 0.123. The third-order valence-corrected chi connectivity index (χ3v) is 4.78. The molecule has 1 aliphatic carbocycles. The maximum Gasteiger partial charge on any atom is 0.191 e. The second-order valence-corrected chi connectivity index (χ2v) is 7.13. The minimum Gasteiger partial charge on any atom is -0.496 e. The largest absolute Gasteiger partial charge is 0.496 e. The van der Waals surface area contributed by atoms with Crippen molar-refractivity contribution in [1.29, 1.82) is 0 Å². The molecule has 1 fully saturated rings. The smallest absolute Gasteiger partial charge is 0.191 e. The normalized spacial score (nSPS) is 19.0. The first-order chi connectivity index (χ1) is 12.7. The highest BCUT2D eigenvalue weighted by Gasteiger charge is 2.22. The Labute approximate surface area is 156 Å². The molecule has 2 aliphatic rings. The van der Waals surface area contributed by atoms with E-state index in [2.05, 4.69) is 34.7 Å². The van der Waals surface area contributed by atoms with Gasteiger partial charge in [0.25, 0.3) is 0 Å². The van der Waals surface area contributed by atoms with Gasteiger partial charge in [0.1, 0.15) is 17.6 Å². The number of guanidine groups is 1. The van der Waals surface area contributed by atoms with Crippen molar-refractivity contribution >= 4 is 5.96 Å². The van der Waals surface area contributed by atoms with Crippen LogP contribution in [0, 0.1) is 5.92 Å². The molecule has 6 heteroatoms. The standard InChI is InChI=1S/C20H31N3O3/c1-14-9-16-10-18(24-3)17(11-19(16)26-14)12-23-20(21-2)22-7-4-8-25-13-15-5-6-15/h10-11,14-15H,4-9,12-13H2,1-3H3,(H2,21,22,23). The summed E-state index contributed by atoms with van der Waals surface area (Å²) in [7, 11) is 3.49. The molecule has 0 radical (unpaired) electrons. The molecule has 0 amide bonds. The average molecular weight is 361 g/mol. The number of fused-ring (bicyclic) bond motifs is 1. The third-order valence-electron chi connectivity index (χ3n) is 4.78. The number of methoxy groups -OCH3 is 1. The zero-order valence-corrected chi connectivity index (χ0v) is 16.1. The van der Waals surface area contributed by atoms with Crippen LogP contribution in [-0.2, 0) is 17.7 Å². The maximum atomic E-state index is 5.86. The van der Waals surface area contributed by atoms with Gasteiger partial charge in [-0.15, -0.1) is 0 Å². The van der Waals surface area contributed by atoms with Crippen LogP contribution >= 0.6 is 0 Å². The van der Waals surface area contributed by atoms with Gasteiger partial charge in [-0.1, -0.05) is 0 Å². The van der Waals surface area contributed by atoms with E-state index in [1.165, 1.54) is 18.4 Å². The fourth-order valence-electron chi connectivity index (χ4n) is 3.12. The van der Waals surface area contributed by atoms with Crippen molar-refractivity contribution in [3.05, 3.63) is 23.3 Å². The van der Waals surface area contributed by atoms with Gasteiger partial charge in [-0.2, -0.15) is 0 Å². The van der Waals surface area contributed by atoms with E-state index < -0.39 is 0 Å². The molecular weight excluding hydrogens is 330 g/mol. The van der Waals surface area contributed by atoms with Crippen LogP contribution in [0.3, 0.4) is 0 Å². The summed E-state index contributed by atoms with van der Waals surface area (Å²) in [6, 6.07) is 4.16. The van der Waals surface area contributed by atoms with E-state index in [-0.39, 0.29) is 6.10 Å². The molecule has 1 aromatic rings. The van der Waals surface area contributed by atoms with Crippen molar-refractivity contribution in [3.63, 3.8) is 0 Å². The highest BCUT2D eigenvalue weighted by Crippen LogP contribution is 2.34. The lowest BCUT2D eigenvalue weighted by Gasteiger charge is -2.15. The Kier molecular flexibility index (Phi) is 6.61. The first-order valence-electron chi connectivity index (χ1n) is 9.58. The molecule has 3 rings (SSSR count). The lowest BCUT2D eigenvalue weighted by atomic mass is 10.1. The van der Waals surface area contributed by atoms with Crippen LogP contribution in [0.15, 0.2) is 17.1 Å². The molecule has 0 bridgehead atoms. The second kappa shape index (κ2) is 9.12. The van der Waals surface area contributed by atoms with E-state index in [9.17, 15) is 0 Å². The number of rotatable bonds is 9. The Morgan fingerprint density at radius 1 is 1.31 bits per heavy atom. The van der Waals surface area contributed by atoms with Crippen LogP contribution in [0.2, 0.25) is 0 Å². The molecule has 0 spiro atoms. The second-order valence-electron chi connectivity index (χ2n) is 7.13. The van der Waals surface area contributed by atoms with Gasteiger partial charge in [-0.05, 0) is 44.2 Å². The van der Waals surface area contributed by atoms with Crippen molar-refractivity contribution in [3.8, 4) is 11.5 Å².